The molecular weight excluding hydrogens is 765 g/mol. The van der Waals surface area contributed by atoms with Crippen molar-refractivity contribution in [2.24, 2.45) is 7.05 Å². The van der Waals surface area contributed by atoms with Gasteiger partial charge >= 0.3 is 0 Å². The lowest BCUT2D eigenvalue weighted by Crippen LogP contribution is -2.07. The smallest absolute Gasteiger partial charge is 0.246 e. The van der Waals surface area contributed by atoms with Gasteiger partial charge in [0.25, 0.3) is 0 Å². The Morgan fingerprint density at radius 2 is 1.03 bits per heavy atom. The Morgan fingerprint density at radius 1 is 0.500 bits per heavy atom. The van der Waals surface area contributed by atoms with Crippen LogP contribution in [0.3, 0.4) is 0 Å². The number of pyridine rings is 4. The Bertz CT molecular complexity index is 3500. The van der Waals surface area contributed by atoms with E-state index in [1.807, 2.05) is 60.7 Å². The molecule has 294 valence electrons. The van der Waals surface area contributed by atoms with Crippen LogP contribution in [0.4, 0.5) is 5.82 Å². The third-order valence-electron chi connectivity index (χ3n) is 11.5. The van der Waals surface area contributed by atoms with Crippen LogP contribution in [-0.2, 0) is 7.05 Å². The summed E-state index contributed by atoms with van der Waals surface area (Å²) in [5.41, 5.74) is 13.8. The normalized spacial score (nSPS) is 11.4. The van der Waals surface area contributed by atoms with E-state index in [4.69, 9.17) is 14.8 Å². The molecule has 0 saturated heterocycles. The number of ketones is 1. The van der Waals surface area contributed by atoms with Gasteiger partial charge in [-0.1, -0.05) is 109 Å². The summed E-state index contributed by atoms with van der Waals surface area (Å²) in [4.78, 5) is 37.6. The Kier molecular flexibility index (Phi) is 9.01. The minimum Gasteiger partial charge on any atom is -0.360 e. The molecule has 0 aliphatic heterocycles. The molecule has 5 heterocycles. The van der Waals surface area contributed by atoms with Gasteiger partial charge in [-0.3, -0.25) is 9.78 Å². The predicted molar refractivity (Wildman–Crippen MR) is 249 cm³/mol. The topological polar surface area (TPSA) is 94.8 Å². The average molecular weight is 801 g/mol. The molecule has 8 heteroatoms. The molecule has 5 aromatic heterocycles. The van der Waals surface area contributed by atoms with E-state index in [1.165, 1.54) is 0 Å². The Labute approximate surface area is 356 Å². The Hall–Kier alpha value is -8.49. The van der Waals surface area contributed by atoms with Gasteiger partial charge in [0.15, 0.2) is 5.82 Å². The number of nitrogens with zero attached hydrogens (tertiary/aromatic N) is 5. The second-order valence-corrected chi connectivity index (χ2v) is 15.2. The minimum absolute atomic E-state index is 0.209. The summed E-state index contributed by atoms with van der Waals surface area (Å²) in [6, 6.07) is 61.3. The maximum absolute atomic E-state index is 13.4. The maximum atomic E-state index is 13.4. The van der Waals surface area contributed by atoms with Crippen molar-refractivity contribution in [3.05, 3.63) is 206 Å². The van der Waals surface area contributed by atoms with Crippen molar-refractivity contribution < 1.29 is 9.63 Å². The summed E-state index contributed by atoms with van der Waals surface area (Å²) in [6.45, 7) is 0. The summed E-state index contributed by atoms with van der Waals surface area (Å²) in [7, 11) is 2.13. The van der Waals surface area contributed by atoms with Crippen molar-refractivity contribution >= 4 is 55.0 Å². The number of aromatic nitrogens is 5. The number of aryl methyl sites for hydroxylation is 1. The molecule has 62 heavy (non-hydrogen) atoms. The van der Waals surface area contributed by atoms with Crippen LogP contribution < -0.4 is 10.3 Å². The number of nitrogens with one attached hydrogen (secondary N) is 1. The molecule has 0 atom stereocenters. The third kappa shape index (κ3) is 6.47. The number of carbonyl (C=O) groups is 1. The van der Waals surface area contributed by atoms with Crippen molar-refractivity contribution in [1.82, 2.24) is 24.5 Å². The number of anilines is 1. The fraction of sp³-hybridized carbons (Fsp3) is 0.0185. The van der Waals surface area contributed by atoms with Gasteiger partial charge in [-0.25, -0.2) is 20.4 Å². The van der Waals surface area contributed by atoms with Crippen molar-refractivity contribution in [3.8, 4) is 50.6 Å². The highest BCUT2D eigenvalue weighted by atomic mass is 16.7. The Morgan fingerprint density at radius 3 is 1.61 bits per heavy atom. The molecule has 0 saturated carbocycles. The first-order valence-electron chi connectivity index (χ1n) is 20.4. The number of fused-ring (bicyclic) bond motifs is 5. The zero-order valence-electron chi connectivity index (χ0n) is 33.5. The number of benzene rings is 6. The van der Waals surface area contributed by atoms with E-state index >= 15 is 0 Å². The van der Waals surface area contributed by atoms with Gasteiger partial charge in [0, 0.05) is 58.4 Å². The zero-order valence-corrected chi connectivity index (χ0v) is 33.5. The summed E-state index contributed by atoms with van der Waals surface area (Å²) in [5.74, 6) is 0.827. The standard InChI is InChI=1S/C54H36N6O2/c1-60-48-28-26-36(38-16-6-12-34-14-8-18-40(52(34)38)44-21-10-23-47(57-44)54(61)46-20-2-4-30-55-46)32-42(48)43-33-37(27-29-49(43)60)39-17-7-13-35-15-9-19-41(53(35)39)45-22-11-25-51(58-45)62-59-50-24-3-5-31-56-50/h2-33H,1H3,(H,56,59). The van der Waals surface area contributed by atoms with E-state index in [-0.39, 0.29) is 5.78 Å². The fourth-order valence-corrected chi connectivity index (χ4v) is 8.63. The molecular formula is C54H36N6O2. The third-order valence-corrected chi connectivity index (χ3v) is 11.5. The van der Waals surface area contributed by atoms with Gasteiger partial charge in [0.05, 0.1) is 11.4 Å². The maximum Gasteiger partial charge on any atom is 0.246 e. The molecule has 11 aromatic rings. The number of rotatable bonds is 9. The van der Waals surface area contributed by atoms with Crippen LogP contribution in [0, 0.1) is 0 Å². The second-order valence-electron chi connectivity index (χ2n) is 15.2. The van der Waals surface area contributed by atoms with Gasteiger partial charge in [-0.2, -0.15) is 0 Å². The van der Waals surface area contributed by atoms with Crippen molar-refractivity contribution in [3.63, 3.8) is 0 Å². The molecule has 0 spiro atoms. The second kappa shape index (κ2) is 15.3. The van der Waals surface area contributed by atoms with Gasteiger partial charge in [-0.05, 0) is 111 Å². The average Bonchev–Trinajstić information content (AvgIpc) is 3.62. The molecule has 1 N–H and O–H groups in total. The lowest BCUT2D eigenvalue weighted by Gasteiger charge is -2.14. The van der Waals surface area contributed by atoms with E-state index in [9.17, 15) is 4.79 Å². The lowest BCUT2D eigenvalue weighted by molar-refractivity contribution is 0.103. The van der Waals surface area contributed by atoms with E-state index in [0.717, 1.165) is 88.1 Å². The lowest BCUT2D eigenvalue weighted by atomic mass is 9.91. The van der Waals surface area contributed by atoms with Crippen LogP contribution in [0.25, 0.3) is 88.1 Å². The summed E-state index contributed by atoms with van der Waals surface area (Å²) < 4.78 is 2.27. The molecule has 0 aliphatic carbocycles. The van der Waals surface area contributed by atoms with Crippen LogP contribution in [0.2, 0.25) is 0 Å². The van der Waals surface area contributed by atoms with Gasteiger partial charge in [-0.15, -0.1) is 0 Å². The van der Waals surface area contributed by atoms with Crippen LogP contribution in [0.5, 0.6) is 5.88 Å². The van der Waals surface area contributed by atoms with Crippen molar-refractivity contribution in [2.45, 2.75) is 0 Å². The van der Waals surface area contributed by atoms with E-state index in [1.54, 1.807) is 30.6 Å². The SMILES string of the molecule is Cn1c2ccc(-c3cccc4cccc(-c5cccc(ONc6ccccn6)n5)c34)cc2c2cc(-c3cccc4cccc(-c5cccc(C(=O)c6ccccn6)n5)c34)ccc21. The van der Waals surface area contributed by atoms with Crippen LogP contribution in [-0.4, -0.2) is 30.3 Å². The molecule has 6 aromatic carbocycles. The summed E-state index contributed by atoms with van der Waals surface area (Å²) in [5, 5.41) is 6.71. The van der Waals surface area contributed by atoms with Crippen LogP contribution in [0.1, 0.15) is 16.2 Å². The number of hydrogen-bond acceptors (Lipinski definition) is 7. The molecule has 0 amide bonds. The number of hydrogen-bond donors (Lipinski definition) is 1. The molecule has 0 fully saturated rings. The van der Waals surface area contributed by atoms with E-state index in [0.29, 0.717) is 23.1 Å². The molecule has 8 nitrogen and oxygen atoms in total. The zero-order chi connectivity index (χ0) is 41.6. The fourth-order valence-electron chi connectivity index (χ4n) is 8.63. The summed E-state index contributed by atoms with van der Waals surface area (Å²) in [6.07, 6.45) is 3.33. The quantitative estimate of drug-likeness (QED) is 0.115. The molecule has 0 radical (unpaired) electrons. The number of carbonyl (C=O) groups excluding carboxylic acids is 1. The van der Waals surface area contributed by atoms with E-state index < -0.39 is 0 Å². The minimum atomic E-state index is -0.209. The van der Waals surface area contributed by atoms with Crippen molar-refractivity contribution in [2.75, 3.05) is 5.48 Å². The molecule has 0 unspecified atom stereocenters. The molecule has 0 aliphatic rings. The van der Waals surface area contributed by atoms with Crippen LogP contribution in [0.15, 0.2) is 194 Å². The molecule has 11 rings (SSSR count). The van der Waals surface area contributed by atoms with E-state index in [2.05, 4.69) is 130 Å². The first kappa shape index (κ1) is 36.6. The first-order valence-corrected chi connectivity index (χ1v) is 20.4. The highest BCUT2D eigenvalue weighted by molar-refractivity contribution is 6.14. The van der Waals surface area contributed by atoms with Crippen molar-refractivity contribution in [1.29, 1.82) is 0 Å². The Balaban J connectivity index is 1.01. The molecule has 0 bridgehead atoms. The monoisotopic (exact) mass is 800 g/mol. The largest absolute Gasteiger partial charge is 0.360 e. The first-order chi connectivity index (χ1) is 30.6. The van der Waals surface area contributed by atoms with Gasteiger partial charge in [0.2, 0.25) is 11.7 Å². The highest BCUT2D eigenvalue weighted by Crippen LogP contribution is 2.41. The predicted octanol–water partition coefficient (Wildman–Crippen LogP) is 12.5. The highest BCUT2D eigenvalue weighted by Gasteiger charge is 2.18. The summed E-state index contributed by atoms with van der Waals surface area (Å²) >= 11 is 0. The van der Waals surface area contributed by atoms with Gasteiger partial charge < -0.3 is 9.40 Å². The van der Waals surface area contributed by atoms with Gasteiger partial charge in [0.1, 0.15) is 11.4 Å². The van der Waals surface area contributed by atoms with Crippen LogP contribution >= 0.6 is 0 Å².